The third kappa shape index (κ3) is 3.81. The molecule has 9 nitrogen and oxygen atoms in total. The minimum atomic E-state index is -1.31. The van der Waals surface area contributed by atoms with E-state index in [-0.39, 0.29) is 17.2 Å². The van der Waals surface area contributed by atoms with Crippen molar-refractivity contribution in [3.63, 3.8) is 0 Å². The van der Waals surface area contributed by atoms with Crippen molar-refractivity contribution in [3.05, 3.63) is 124 Å². The Morgan fingerprint density at radius 3 is 2.55 bits per heavy atom. The van der Waals surface area contributed by atoms with Crippen molar-refractivity contribution in [2.75, 3.05) is 4.90 Å². The van der Waals surface area contributed by atoms with Crippen molar-refractivity contribution < 1.29 is 9.59 Å². The van der Waals surface area contributed by atoms with Crippen LogP contribution in [0.4, 0.5) is 11.4 Å². The van der Waals surface area contributed by atoms with E-state index in [4.69, 9.17) is 0 Å². The number of H-pyrrole nitrogens is 1. The third-order valence-corrected chi connectivity index (χ3v) is 6.76. The Kier molecular flexibility index (Phi) is 5.53. The first kappa shape index (κ1) is 23.2. The molecule has 0 radical (unpaired) electrons. The minimum Gasteiger partial charge on any atom is -0.333 e. The summed E-state index contributed by atoms with van der Waals surface area (Å²) in [6, 6.07) is 21.6. The lowest BCUT2D eigenvalue weighted by molar-refractivity contribution is -0.122. The lowest BCUT2D eigenvalue weighted by Crippen LogP contribution is -2.50. The molecular weight excluding hydrogens is 480 g/mol. The molecule has 4 heterocycles. The van der Waals surface area contributed by atoms with Crippen LogP contribution in [-0.4, -0.2) is 32.0 Å². The predicted molar refractivity (Wildman–Crippen MR) is 142 cm³/mol. The highest BCUT2D eigenvalue weighted by atomic mass is 16.2. The normalized spacial score (nSPS) is 16.4. The molecule has 0 bridgehead atoms. The molecule has 6 rings (SSSR count). The van der Waals surface area contributed by atoms with Crippen LogP contribution in [0.25, 0.3) is 10.8 Å². The number of anilines is 2. The molecule has 38 heavy (non-hydrogen) atoms. The summed E-state index contributed by atoms with van der Waals surface area (Å²) in [5, 5.41) is 11.0. The van der Waals surface area contributed by atoms with Crippen LogP contribution >= 0.6 is 0 Å². The Bertz CT molecular complexity index is 1770. The number of carbonyl (C=O) groups excluding carboxylic acids is 2. The smallest absolute Gasteiger partial charge is 0.272 e. The standard InChI is InChI=1S/C29H22N6O3/c1-29(32-27(37)23-11-6-7-13-31-23)22-10-4-5-12-25(22)35(28(29)38)19-14-18(16-30-17-19)15-24-20-8-2-3-9-21(20)26(36)34-33-24/h2-14,16-17H,15H2,1H3,(H,32,37)(H,34,36). The van der Waals surface area contributed by atoms with E-state index in [1.165, 1.54) is 6.20 Å². The average Bonchev–Trinajstić information content (AvgIpc) is 3.17. The number of fused-ring (bicyclic) bond motifs is 2. The zero-order chi connectivity index (χ0) is 26.3. The molecule has 3 aromatic heterocycles. The Morgan fingerprint density at radius 2 is 1.74 bits per heavy atom. The summed E-state index contributed by atoms with van der Waals surface area (Å²) in [5.74, 6) is -0.754. The van der Waals surface area contributed by atoms with E-state index in [0.29, 0.717) is 34.4 Å². The second-order valence-corrected chi connectivity index (χ2v) is 9.22. The zero-order valence-electron chi connectivity index (χ0n) is 20.4. The number of hydrogen-bond acceptors (Lipinski definition) is 6. The molecule has 1 unspecified atom stereocenters. The molecule has 0 fully saturated rings. The number of carbonyl (C=O) groups is 2. The van der Waals surface area contributed by atoms with Gasteiger partial charge in [-0.3, -0.25) is 29.3 Å². The molecule has 9 heteroatoms. The molecule has 1 atom stereocenters. The Morgan fingerprint density at radius 1 is 0.974 bits per heavy atom. The number of amides is 2. The first-order valence-corrected chi connectivity index (χ1v) is 12.0. The molecule has 1 aliphatic rings. The number of nitrogens with zero attached hydrogens (tertiary/aromatic N) is 4. The highest BCUT2D eigenvalue weighted by Crippen LogP contribution is 2.44. The highest BCUT2D eigenvalue weighted by Gasteiger charge is 2.49. The van der Waals surface area contributed by atoms with Crippen molar-refractivity contribution in [1.82, 2.24) is 25.5 Å². The van der Waals surface area contributed by atoms with Crippen molar-refractivity contribution in [2.45, 2.75) is 18.9 Å². The van der Waals surface area contributed by atoms with Crippen LogP contribution in [0.3, 0.4) is 0 Å². The van der Waals surface area contributed by atoms with Crippen LogP contribution in [-0.2, 0) is 16.8 Å². The molecule has 0 spiro atoms. The van der Waals surface area contributed by atoms with E-state index in [2.05, 4.69) is 25.5 Å². The van der Waals surface area contributed by atoms with Gasteiger partial charge in [0.25, 0.3) is 17.4 Å². The fourth-order valence-electron chi connectivity index (χ4n) is 4.90. The summed E-state index contributed by atoms with van der Waals surface area (Å²) in [7, 11) is 0. The van der Waals surface area contributed by atoms with Crippen molar-refractivity contribution in [1.29, 1.82) is 0 Å². The second kappa shape index (κ2) is 9.04. The molecule has 0 saturated carbocycles. The second-order valence-electron chi connectivity index (χ2n) is 9.22. The van der Waals surface area contributed by atoms with Crippen LogP contribution in [0, 0.1) is 0 Å². The molecule has 1 aliphatic heterocycles. The summed E-state index contributed by atoms with van der Waals surface area (Å²) in [5.41, 5.74) is 2.07. The Labute approximate surface area is 217 Å². The number of aromatic amines is 1. The third-order valence-electron chi connectivity index (χ3n) is 6.76. The molecule has 0 aliphatic carbocycles. The largest absolute Gasteiger partial charge is 0.333 e. The highest BCUT2D eigenvalue weighted by molar-refractivity contribution is 6.14. The average molecular weight is 503 g/mol. The quantitative estimate of drug-likeness (QED) is 0.379. The number of hydrogen-bond donors (Lipinski definition) is 2. The maximum absolute atomic E-state index is 13.9. The van der Waals surface area contributed by atoms with Crippen molar-refractivity contribution in [2.24, 2.45) is 0 Å². The number of benzene rings is 2. The first-order chi connectivity index (χ1) is 18.5. The first-order valence-electron chi connectivity index (χ1n) is 12.0. The van der Waals surface area contributed by atoms with E-state index in [1.807, 2.05) is 48.5 Å². The minimum absolute atomic E-state index is 0.224. The fraction of sp³-hybridized carbons (Fsp3) is 0.103. The maximum atomic E-state index is 13.9. The lowest BCUT2D eigenvalue weighted by Gasteiger charge is -2.25. The SMILES string of the molecule is CC1(NC(=O)c2ccccn2)C(=O)N(c2cncc(Cc3n[nH]c(=O)c4ccccc34)c2)c2ccccc21. The lowest BCUT2D eigenvalue weighted by atomic mass is 9.93. The van der Waals surface area contributed by atoms with Crippen molar-refractivity contribution >= 4 is 34.0 Å². The van der Waals surface area contributed by atoms with Gasteiger partial charge in [0, 0.05) is 29.8 Å². The van der Waals surface area contributed by atoms with Gasteiger partial charge in [0.1, 0.15) is 11.2 Å². The monoisotopic (exact) mass is 502 g/mol. The van der Waals surface area contributed by atoms with Crippen LogP contribution in [0.2, 0.25) is 0 Å². The summed E-state index contributed by atoms with van der Waals surface area (Å²) in [6.07, 6.45) is 5.25. The van der Waals surface area contributed by atoms with E-state index in [9.17, 15) is 14.4 Å². The van der Waals surface area contributed by atoms with Gasteiger partial charge in [-0.05, 0) is 42.8 Å². The number of pyridine rings is 2. The topological polar surface area (TPSA) is 121 Å². The van der Waals surface area contributed by atoms with E-state index in [1.54, 1.807) is 48.5 Å². The number of aromatic nitrogens is 4. The number of nitrogens with one attached hydrogen (secondary N) is 2. The number of para-hydroxylation sites is 1. The van der Waals surface area contributed by atoms with Gasteiger partial charge >= 0.3 is 0 Å². The molecule has 0 saturated heterocycles. The van der Waals surface area contributed by atoms with Gasteiger partial charge in [0.2, 0.25) is 0 Å². The van der Waals surface area contributed by atoms with Gasteiger partial charge < -0.3 is 5.32 Å². The summed E-state index contributed by atoms with van der Waals surface area (Å²) >= 11 is 0. The molecule has 5 aromatic rings. The number of rotatable bonds is 5. The zero-order valence-corrected chi connectivity index (χ0v) is 20.4. The van der Waals surface area contributed by atoms with Gasteiger partial charge in [-0.2, -0.15) is 5.10 Å². The van der Waals surface area contributed by atoms with Gasteiger partial charge in [0.15, 0.2) is 0 Å². The fourth-order valence-corrected chi connectivity index (χ4v) is 4.90. The van der Waals surface area contributed by atoms with Gasteiger partial charge in [-0.1, -0.05) is 42.5 Å². The van der Waals surface area contributed by atoms with E-state index in [0.717, 1.165) is 10.9 Å². The predicted octanol–water partition coefficient (Wildman–Crippen LogP) is 3.63. The molecular formula is C29H22N6O3. The Hall–Kier alpha value is -5.18. The molecule has 2 aromatic carbocycles. The molecule has 186 valence electrons. The van der Waals surface area contributed by atoms with Crippen LogP contribution in [0.1, 0.15) is 34.2 Å². The summed E-state index contributed by atoms with van der Waals surface area (Å²) in [6.45, 7) is 1.70. The van der Waals surface area contributed by atoms with Crippen LogP contribution in [0.5, 0.6) is 0 Å². The van der Waals surface area contributed by atoms with E-state index >= 15 is 0 Å². The Balaban J connectivity index is 1.36. The summed E-state index contributed by atoms with van der Waals surface area (Å²) in [4.78, 5) is 49.2. The van der Waals surface area contributed by atoms with Crippen molar-refractivity contribution in [3.8, 4) is 0 Å². The summed E-state index contributed by atoms with van der Waals surface area (Å²) < 4.78 is 0. The van der Waals surface area contributed by atoms with E-state index < -0.39 is 11.4 Å². The van der Waals surface area contributed by atoms with Crippen LogP contribution in [0.15, 0.2) is 96.2 Å². The van der Waals surface area contributed by atoms with Gasteiger partial charge in [0.05, 0.1) is 28.7 Å². The van der Waals surface area contributed by atoms with Gasteiger partial charge in [-0.15, -0.1) is 0 Å². The maximum Gasteiger partial charge on any atom is 0.272 e. The van der Waals surface area contributed by atoms with Crippen LogP contribution < -0.4 is 15.8 Å². The molecule has 2 amide bonds. The van der Waals surface area contributed by atoms with Gasteiger partial charge in [-0.25, -0.2) is 5.10 Å². The molecule has 2 N–H and O–H groups in total.